The molecule has 0 fully saturated rings. The molecule has 2 aromatic rings. The van der Waals surface area contributed by atoms with Gasteiger partial charge in [-0.2, -0.15) is 0 Å². The standard InChI is InChI=1S/C14H16N4O4/c1-9-17-18-14(22-9)10-3-5-11(6-4-10)16-13(21)12(20)15-7-2-8-19/h3-6,19H,2,7-8H2,1H3,(H,15,20)(H,16,21). The summed E-state index contributed by atoms with van der Waals surface area (Å²) >= 11 is 0. The first-order valence-corrected chi connectivity index (χ1v) is 6.70. The fourth-order valence-corrected chi connectivity index (χ4v) is 1.66. The zero-order valence-corrected chi connectivity index (χ0v) is 12.0. The highest BCUT2D eigenvalue weighted by Crippen LogP contribution is 2.19. The number of carbonyl (C=O) groups is 2. The van der Waals surface area contributed by atoms with Gasteiger partial charge in [-0.15, -0.1) is 10.2 Å². The molecule has 0 saturated heterocycles. The monoisotopic (exact) mass is 304 g/mol. The van der Waals surface area contributed by atoms with Crippen LogP contribution in [0.3, 0.4) is 0 Å². The molecule has 1 aromatic heterocycles. The summed E-state index contributed by atoms with van der Waals surface area (Å²) in [4.78, 5) is 23.1. The van der Waals surface area contributed by atoms with Gasteiger partial charge in [-0.1, -0.05) is 0 Å². The molecule has 0 radical (unpaired) electrons. The number of hydrogen-bond donors (Lipinski definition) is 3. The van der Waals surface area contributed by atoms with Crippen molar-refractivity contribution in [3.63, 3.8) is 0 Å². The number of nitrogens with zero attached hydrogens (tertiary/aromatic N) is 2. The molecule has 0 spiro atoms. The molecular formula is C14H16N4O4. The lowest BCUT2D eigenvalue weighted by atomic mass is 10.2. The van der Waals surface area contributed by atoms with Gasteiger partial charge >= 0.3 is 11.8 Å². The molecule has 0 bridgehead atoms. The van der Waals surface area contributed by atoms with Crippen molar-refractivity contribution in [3.8, 4) is 11.5 Å². The van der Waals surface area contributed by atoms with Crippen LogP contribution in [0, 0.1) is 6.92 Å². The van der Waals surface area contributed by atoms with Crippen molar-refractivity contribution < 1.29 is 19.1 Å². The molecule has 8 nitrogen and oxygen atoms in total. The second kappa shape index (κ2) is 7.32. The maximum atomic E-state index is 11.6. The van der Waals surface area contributed by atoms with Crippen molar-refractivity contribution in [2.24, 2.45) is 0 Å². The number of aliphatic hydroxyl groups excluding tert-OH is 1. The Labute approximate surface area is 126 Å². The highest BCUT2D eigenvalue weighted by molar-refractivity contribution is 6.39. The molecule has 0 aliphatic carbocycles. The highest BCUT2D eigenvalue weighted by Gasteiger charge is 2.13. The Bertz CT molecular complexity index is 651. The number of hydrogen-bond acceptors (Lipinski definition) is 6. The van der Waals surface area contributed by atoms with E-state index in [1.54, 1.807) is 31.2 Å². The third-order valence-electron chi connectivity index (χ3n) is 2.74. The van der Waals surface area contributed by atoms with Gasteiger partial charge in [0.15, 0.2) is 0 Å². The van der Waals surface area contributed by atoms with Crippen molar-refractivity contribution in [2.45, 2.75) is 13.3 Å². The van der Waals surface area contributed by atoms with Gasteiger partial charge in [0.2, 0.25) is 11.8 Å². The average molecular weight is 304 g/mol. The van der Waals surface area contributed by atoms with Gasteiger partial charge in [-0.25, -0.2) is 0 Å². The minimum Gasteiger partial charge on any atom is -0.421 e. The molecule has 8 heteroatoms. The van der Waals surface area contributed by atoms with Crippen LogP contribution < -0.4 is 10.6 Å². The number of benzene rings is 1. The number of amides is 2. The van der Waals surface area contributed by atoms with Crippen LogP contribution in [0.4, 0.5) is 5.69 Å². The van der Waals surface area contributed by atoms with Crippen molar-refractivity contribution >= 4 is 17.5 Å². The van der Waals surface area contributed by atoms with Crippen molar-refractivity contribution in [3.05, 3.63) is 30.2 Å². The number of carbonyl (C=O) groups excluding carboxylic acids is 2. The predicted molar refractivity (Wildman–Crippen MR) is 77.8 cm³/mol. The summed E-state index contributed by atoms with van der Waals surface area (Å²) < 4.78 is 5.29. The van der Waals surface area contributed by atoms with Crippen LogP contribution in [0.15, 0.2) is 28.7 Å². The van der Waals surface area contributed by atoms with Crippen molar-refractivity contribution in [1.29, 1.82) is 0 Å². The Morgan fingerprint density at radius 3 is 2.50 bits per heavy atom. The number of anilines is 1. The van der Waals surface area contributed by atoms with E-state index in [2.05, 4.69) is 20.8 Å². The normalized spacial score (nSPS) is 10.3. The van der Waals surface area contributed by atoms with Crippen LogP contribution in [0.5, 0.6) is 0 Å². The Balaban J connectivity index is 1.93. The van der Waals surface area contributed by atoms with Crippen LogP contribution in [0.25, 0.3) is 11.5 Å². The summed E-state index contributed by atoms with van der Waals surface area (Å²) in [5, 5.41) is 21.1. The summed E-state index contributed by atoms with van der Waals surface area (Å²) in [6, 6.07) is 6.67. The molecule has 0 saturated carbocycles. The smallest absolute Gasteiger partial charge is 0.313 e. The molecule has 3 N–H and O–H groups in total. The minimum absolute atomic E-state index is 0.0431. The van der Waals surface area contributed by atoms with Gasteiger partial charge in [0, 0.05) is 31.3 Å². The van der Waals surface area contributed by atoms with Crippen molar-refractivity contribution in [1.82, 2.24) is 15.5 Å². The second-order valence-electron chi connectivity index (χ2n) is 4.49. The lowest BCUT2D eigenvalue weighted by molar-refractivity contribution is -0.136. The van der Waals surface area contributed by atoms with E-state index in [-0.39, 0.29) is 13.2 Å². The molecule has 22 heavy (non-hydrogen) atoms. The fourth-order valence-electron chi connectivity index (χ4n) is 1.66. The zero-order valence-electron chi connectivity index (χ0n) is 12.0. The molecule has 0 atom stereocenters. The van der Waals surface area contributed by atoms with Gasteiger partial charge in [-0.3, -0.25) is 9.59 Å². The average Bonchev–Trinajstić information content (AvgIpc) is 2.94. The Morgan fingerprint density at radius 1 is 1.18 bits per heavy atom. The summed E-state index contributed by atoms with van der Waals surface area (Å²) in [6.07, 6.45) is 0.400. The number of nitrogens with one attached hydrogen (secondary N) is 2. The number of aromatic nitrogens is 2. The summed E-state index contributed by atoms with van der Waals surface area (Å²) in [5.74, 6) is -0.659. The summed E-state index contributed by atoms with van der Waals surface area (Å²) in [6.45, 7) is 1.90. The minimum atomic E-state index is -0.765. The maximum absolute atomic E-state index is 11.6. The van der Waals surface area contributed by atoms with E-state index < -0.39 is 11.8 Å². The van der Waals surface area contributed by atoms with E-state index in [9.17, 15) is 9.59 Å². The third-order valence-corrected chi connectivity index (χ3v) is 2.74. The Morgan fingerprint density at radius 2 is 1.91 bits per heavy atom. The molecule has 2 amide bonds. The second-order valence-corrected chi connectivity index (χ2v) is 4.49. The van der Waals surface area contributed by atoms with E-state index in [4.69, 9.17) is 9.52 Å². The molecule has 0 unspecified atom stereocenters. The highest BCUT2D eigenvalue weighted by atomic mass is 16.4. The Kier molecular flexibility index (Phi) is 5.21. The van der Waals surface area contributed by atoms with Gasteiger partial charge in [0.05, 0.1) is 0 Å². The number of aryl methyl sites for hydroxylation is 1. The predicted octanol–water partition coefficient (Wildman–Crippen LogP) is 0.482. The Hall–Kier alpha value is -2.74. The van der Waals surface area contributed by atoms with Crippen LogP contribution in [0.1, 0.15) is 12.3 Å². The van der Waals surface area contributed by atoms with Crippen LogP contribution in [-0.4, -0.2) is 40.3 Å². The van der Waals surface area contributed by atoms with Gasteiger partial charge < -0.3 is 20.2 Å². The molecule has 116 valence electrons. The zero-order chi connectivity index (χ0) is 15.9. The number of rotatable bonds is 5. The molecular weight excluding hydrogens is 288 g/mol. The van der Waals surface area contributed by atoms with Gasteiger partial charge in [-0.05, 0) is 30.7 Å². The van der Waals surface area contributed by atoms with E-state index in [1.807, 2.05) is 0 Å². The van der Waals surface area contributed by atoms with E-state index in [0.29, 0.717) is 29.5 Å². The van der Waals surface area contributed by atoms with Gasteiger partial charge in [0.25, 0.3) is 0 Å². The number of aliphatic hydroxyl groups is 1. The molecule has 2 rings (SSSR count). The maximum Gasteiger partial charge on any atom is 0.313 e. The first-order chi connectivity index (χ1) is 10.6. The largest absolute Gasteiger partial charge is 0.421 e. The summed E-state index contributed by atoms with van der Waals surface area (Å²) in [5.41, 5.74) is 1.19. The first kappa shape index (κ1) is 15.6. The van der Waals surface area contributed by atoms with Gasteiger partial charge in [0.1, 0.15) is 0 Å². The lowest BCUT2D eigenvalue weighted by Gasteiger charge is -2.06. The molecule has 1 heterocycles. The van der Waals surface area contributed by atoms with Crippen molar-refractivity contribution in [2.75, 3.05) is 18.5 Å². The van der Waals surface area contributed by atoms with Crippen LogP contribution in [0.2, 0.25) is 0 Å². The molecule has 0 aliphatic rings. The third kappa shape index (κ3) is 4.13. The summed E-state index contributed by atoms with van der Waals surface area (Å²) in [7, 11) is 0. The lowest BCUT2D eigenvalue weighted by Crippen LogP contribution is -2.36. The van der Waals surface area contributed by atoms with Crippen LogP contribution >= 0.6 is 0 Å². The van der Waals surface area contributed by atoms with E-state index >= 15 is 0 Å². The molecule has 1 aromatic carbocycles. The fraction of sp³-hybridized carbons (Fsp3) is 0.286. The van der Waals surface area contributed by atoms with E-state index in [1.165, 1.54) is 0 Å². The van der Waals surface area contributed by atoms with E-state index in [0.717, 1.165) is 0 Å². The quantitative estimate of drug-likeness (QED) is 0.546. The first-order valence-electron chi connectivity index (χ1n) is 6.70. The van der Waals surface area contributed by atoms with Crippen LogP contribution in [-0.2, 0) is 9.59 Å². The topological polar surface area (TPSA) is 117 Å². The SMILES string of the molecule is Cc1nnc(-c2ccc(NC(=O)C(=O)NCCCO)cc2)o1. The molecule has 0 aliphatic heterocycles.